The number of nitrogens with one attached hydrogen (secondary N) is 4. The molecule has 0 aliphatic rings. The summed E-state index contributed by atoms with van der Waals surface area (Å²) in [5.74, 6) is -2.20. The summed E-state index contributed by atoms with van der Waals surface area (Å²) in [5.41, 5.74) is 18.5. The van der Waals surface area contributed by atoms with E-state index >= 15 is 4.39 Å². The molecule has 0 aliphatic heterocycles. The summed E-state index contributed by atoms with van der Waals surface area (Å²) in [6.45, 7) is 5.08. The van der Waals surface area contributed by atoms with Crippen LogP contribution in [-0.4, -0.2) is 52.0 Å². The zero-order valence-corrected chi connectivity index (χ0v) is 27.0. The molecular formula is C33H43F4N9O2. The third-order valence-corrected chi connectivity index (χ3v) is 7.98. The lowest BCUT2D eigenvalue weighted by atomic mass is 10.0. The number of hydrogen-bond donors (Lipinski definition) is 7. The van der Waals surface area contributed by atoms with Gasteiger partial charge in [0.1, 0.15) is 5.65 Å². The highest BCUT2D eigenvalue weighted by Gasteiger charge is 2.33. The quantitative estimate of drug-likeness (QED) is 0.0506. The van der Waals surface area contributed by atoms with Crippen LogP contribution in [0.25, 0.3) is 28.0 Å². The molecule has 2 aromatic heterocycles. The number of H-pyrrole nitrogens is 1. The van der Waals surface area contributed by atoms with E-state index in [4.69, 9.17) is 22.6 Å². The van der Waals surface area contributed by atoms with Gasteiger partial charge in [-0.2, -0.15) is 4.98 Å². The zero-order valence-electron chi connectivity index (χ0n) is 27.0. The Morgan fingerprint density at radius 2 is 1.83 bits per heavy atom. The first-order valence-corrected chi connectivity index (χ1v) is 15.8. The van der Waals surface area contributed by atoms with Crippen LogP contribution in [0.1, 0.15) is 63.1 Å². The van der Waals surface area contributed by atoms with Crippen molar-refractivity contribution in [3.05, 3.63) is 76.1 Å². The van der Waals surface area contributed by atoms with Gasteiger partial charge in [0, 0.05) is 35.3 Å². The highest BCUT2D eigenvalue weighted by molar-refractivity contribution is 5.83. The molecule has 2 heterocycles. The molecule has 0 radical (unpaired) electrons. The van der Waals surface area contributed by atoms with Gasteiger partial charge in [0.05, 0.1) is 11.4 Å². The van der Waals surface area contributed by atoms with E-state index in [0.29, 0.717) is 49.0 Å². The van der Waals surface area contributed by atoms with Gasteiger partial charge in [-0.1, -0.05) is 12.1 Å². The molecule has 0 bridgehead atoms. The van der Waals surface area contributed by atoms with E-state index in [-0.39, 0.29) is 41.0 Å². The van der Waals surface area contributed by atoms with E-state index < -0.39 is 23.6 Å². The number of guanidine groups is 1. The molecule has 0 unspecified atom stereocenters. The van der Waals surface area contributed by atoms with E-state index in [1.807, 2.05) is 26.0 Å². The average Bonchev–Trinajstić information content (AvgIpc) is 3.42. The molecule has 0 amide bonds. The molecule has 260 valence electrons. The number of aromatic nitrogens is 3. The van der Waals surface area contributed by atoms with E-state index in [1.54, 1.807) is 18.3 Å². The van der Waals surface area contributed by atoms with Gasteiger partial charge in [0.25, 0.3) is 0 Å². The number of benzene rings is 2. The van der Waals surface area contributed by atoms with E-state index in [1.165, 1.54) is 16.7 Å². The summed E-state index contributed by atoms with van der Waals surface area (Å²) < 4.78 is 60.1. The Hall–Kier alpha value is -4.47. The molecule has 3 atom stereocenters. The molecular weight excluding hydrogens is 630 g/mol. The lowest BCUT2D eigenvalue weighted by Crippen LogP contribution is -2.41. The molecule has 4 rings (SSSR count). The van der Waals surface area contributed by atoms with Crippen molar-refractivity contribution in [2.75, 3.05) is 13.1 Å². The molecule has 10 N–H and O–H groups in total. The van der Waals surface area contributed by atoms with Crippen LogP contribution in [0.2, 0.25) is 0 Å². The Kier molecular flexibility index (Phi) is 12.2. The monoisotopic (exact) mass is 673 g/mol. The summed E-state index contributed by atoms with van der Waals surface area (Å²) in [4.78, 5) is 20.0. The molecule has 0 saturated carbocycles. The molecule has 15 heteroatoms. The van der Waals surface area contributed by atoms with Crippen LogP contribution in [0, 0.1) is 11.2 Å². The summed E-state index contributed by atoms with van der Waals surface area (Å²) in [7, 11) is 0. The van der Waals surface area contributed by atoms with Crippen molar-refractivity contribution in [3.63, 3.8) is 0 Å². The third kappa shape index (κ3) is 10.0. The summed E-state index contributed by atoms with van der Waals surface area (Å²) in [6, 6.07) is 11.3. The Bertz CT molecular complexity index is 1740. The zero-order chi connectivity index (χ0) is 35.0. The number of halogens is 4. The van der Waals surface area contributed by atoms with Crippen LogP contribution in [0.5, 0.6) is 5.75 Å². The van der Waals surface area contributed by atoms with Gasteiger partial charge in [-0.25, -0.2) is 9.18 Å². The minimum absolute atomic E-state index is 0.00771. The third-order valence-electron chi connectivity index (χ3n) is 7.98. The number of ether oxygens (including phenoxy) is 1. The van der Waals surface area contributed by atoms with E-state index in [0.717, 1.165) is 30.9 Å². The molecule has 0 spiro atoms. The van der Waals surface area contributed by atoms with Gasteiger partial charge in [0.2, 0.25) is 0 Å². The smallest absolute Gasteiger partial charge is 0.403 e. The number of fused-ring (bicyclic) bond motifs is 1. The maximum absolute atomic E-state index is 15.4. The molecule has 0 aliphatic carbocycles. The van der Waals surface area contributed by atoms with Crippen LogP contribution in [-0.2, 0) is 6.42 Å². The van der Waals surface area contributed by atoms with Crippen molar-refractivity contribution in [1.82, 2.24) is 25.2 Å². The second-order valence-electron chi connectivity index (χ2n) is 12.0. The summed E-state index contributed by atoms with van der Waals surface area (Å²) >= 11 is 0. The first-order chi connectivity index (χ1) is 22.7. The van der Waals surface area contributed by atoms with E-state index in [2.05, 4.69) is 25.3 Å². The number of aromatic amines is 1. The predicted molar refractivity (Wildman–Crippen MR) is 179 cm³/mol. The van der Waals surface area contributed by atoms with Crippen molar-refractivity contribution in [3.8, 4) is 22.7 Å². The molecule has 0 fully saturated rings. The maximum Gasteiger partial charge on any atom is 0.573 e. The molecule has 11 nitrogen and oxygen atoms in total. The van der Waals surface area contributed by atoms with Crippen molar-refractivity contribution in [1.29, 1.82) is 5.41 Å². The van der Waals surface area contributed by atoms with Crippen molar-refractivity contribution in [2.24, 2.45) is 17.2 Å². The second-order valence-corrected chi connectivity index (χ2v) is 12.0. The Morgan fingerprint density at radius 3 is 2.48 bits per heavy atom. The van der Waals surface area contributed by atoms with Crippen LogP contribution in [0.15, 0.2) is 53.5 Å². The minimum Gasteiger partial charge on any atom is -0.403 e. The van der Waals surface area contributed by atoms with Crippen molar-refractivity contribution < 1.29 is 22.3 Å². The van der Waals surface area contributed by atoms with Gasteiger partial charge in [0.15, 0.2) is 17.5 Å². The topological polar surface area (TPSA) is 186 Å². The normalized spacial score (nSPS) is 13.8. The van der Waals surface area contributed by atoms with Gasteiger partial charge >= 0.3 is 12.1 Å². The highest BCUT2D eigenvalue weighted by Crippen LogP contribution is 2.35. The van der Waals surface area contributed by atoms with E-state index in [9.17, 15) is 18.0 Å². The maximum atomic E-state index is 15.4. The number of rotatable bonds is 16. The van der Waals surface area contributed by atoms with Gasteiger partial charge in [-0.05, 0) is 107 Å². The predicted octanol–water partition coefficient (Wildman–Crippen LogP) is 4.72. The second kappa shape index (κ2) is 16.1. The van der Waals surface area contributed by atoms with Crippen LogP contribution >= 0.6 is 0 Å². The SMILES string of the molecule is C[C@H](N)CCCc1cc(OC(F)(F)F)c(F)c(-c2cc3cn(-c4ccc([C@H](C)NCC[C@H](CCCN)NC(=N)N)cc4)c(=O)nc3[nH]2)c1. The molecule has 48 heavy (non-hydrogen) atoms. The Morgan fingerprint density at radius 1 is 1.10 bits per heavy atom. The fourth-order valence-electron chi connectivity index (χ4n) is 5.54. The number of aryl methyl sites for hydroxylation is 1. The van der Waals surface area contributed by atoms with Gasteiger partial charge < -0.3 is 37.6 Å². The number of alkyl halides is 3. The van der Waals surface area contributed by atoms with Crippen LogP contribution < -0.4 is 38.3 Å². The standard InChI is InChI=1S/C33H43F4N9O2/c1-19(39)5-3-6-21-15-26(29(34)28(16-21)48-33(35,36)37)27-17-23-18-46(32(47)45-30(23)44-27)25-10-8-22(9-11-25)20(2)42-14-12-24(7-4-13-38)43-31(40)41/h8-11,15-20,24,42H,3-7,12-14,38-39H2,1-2H3,(H4,40,41,43)(H,44,45,47)/t19-,20-,24-/m0/s1. The Labute approximate surface area is 275 Å². The van der Waals surface area contributed by atoms with Gasteiger partial charge in [-0.3, -0.25) is 9.98 Å². The van der Waals surface area contributed by atoms with Crippen molar-refractivity contribution >= 4 is 17.0 Å². The lowest BCUT2D eigenvalue weighted by molar-refractivity contribution is -0.275. The van der Waals surface area contributed by atoms with Crippen LogP contribution in [0.3, 0.4) is 0 Å². The Balaban J connectivity index is 1.54. The van der Waals surface area contributed by atoms with Crippen LogP contribution in [0.4, 0.5) is 17.6 Å². The number of hydrogen-bond acceptors (Lipinski definition) is 7. The van der Waals surface area contributed by atoms with Gasteiger partial charge in [-0.15, -0.1) is 13.2 Å². The highest BCUT2D eigenvalue weighted by atomic mass is 19.4. The first-order valence-electron chi connectivity index (χ1n) is 15.8. The number of nitrogens with zero attached hydrogens (tertiary/aromatic N) is 2. The minimum atomic E-state index is -5.09. The van der Waals surface area contributed by atoms with Crippen molar-refractivity contribution in [2.45, 2.75) is 76.9 Å². The molecule has 4 aromatic rings. The fourth-order valence-corrected chi connectivity index (χ4v) is 5.54. The summed E-state index contributed by atoms with van der Waals surface area (Å²) in [6.07, 6.45) is 0.424. The molecule has 2 aromatic carbocycles. The number of nitrogens with two attached hydrogens (primary N) is 3. The average molecular weight is 674 g/mol. The first kappa shape index (κ1) is 36.4. The summed E-state index contributed by atoms with van der Waals surface area (Å²) in [5, 5.41) is 14.4. The molecule has 0 saturated heterocycles. The largest absolute Gasteiger partial charge is 0.573 e. The fraction of sp³-hybridized carbons (Fsp3) is 0.424. The lowest BCUT2D eigenvalue weighted by Gasteiger charge is -2.21.